The number of hydrogen-bond donors (Lipinski definition) is 1. The monoisotopic (exact) mass is 396 g/mol. The summed E-state index contributed by atoms with van der Waals surface area (Å²) >= 11 is 7.50. The van der Waals surface area contributed by atoms with Gasteiger partial charge >= 0.3 is 0 Å². The third-order valence-electron chi connectivity index (χ3n) is 4.77. The third-order valence-corrected chi connectivity index (χ3v) is 10.5. The summed E-state index contributed by atoms with van der Waals surface area (Å²) in [5.74, 6) is 0. The molecule has 0 aliphatic heterocycles. The minimum Gasteiger partial charge on any atom is -0.406 e. The molecule has 1 N–H and O–H groups in total. The minimum absolute atomic E-state index is 0.0344. The van der Waals surface area contributed by atoms with Crippen molar-refractivity contribution in [2.45, 2.75) is 51.6 Å². The molecule has 2 rings (SSSR count). The van der Waals surface area contributed by atoms with Crippen molar-refractivity contribution < 1.29 is 14.3 Å². The Bertz CT molecular complexity index is 749. The Balaban J connectivity index is 2.57. The van der Waals surface area contributed by atoms with Gasteiger partial charge in [0.05, 0.1) is 17.6 Å². The number of aliphatic hydroxyl groups excluding tert-OH is 1. The van der Waals surface area contributed by atoms with Gasteiger partial charge in [0.2, 0.25) is 0 Å². The van der Waals surface area contributed by atoms with E-state index in [0.29, 0.717) is 9.90 Å². The van der Waals surface area contributed by atoms with Crippen molar-refractivity contribution in [1.29, 1.82) is 0 Å². The number of halogens is 1. The molecule has 0 fully saturated rings. The maximum atomic E-state index is 11.2. The molecule has 25 heavy (non-hydrogen) atoms. The first-order valence-electron chi connectivity index (χ1n) is 8.21. The molecule has 0 aliphatic carbocycles. The predicted molar refractivity (Wildman–Crippen MR) is 107 cm³/mol. The van der Waals surface area contributed by atoms with Gasteiger partial charge in [0.25, 0.3) is 0 Å². The number of aldehydes is 1. The summed E-state index contributed by atoms with van der Waals surface area (Å²) in [6, 6.07) is 9.40. The second kappa shape index (κ2) is 7.72. The van der Waals surface area contributed by atoms with E-state index in [4.69, 9.17) is 16.0 Å². The highest BCUT2D eigenvalue weighted by Crippen LogP contribution is 2.43. The average Bonchev–Trinajstić information content (AvgIpc) is 2.94. The number of benzene rings is 1. The van der Waals surface area contributed by atoms with Gasteiger partial charge in [-0.1, -0.05) is 44.5 Å². The van der Waals surface area contributed by atoms with Crippen LogP contribution in [0.5, 0.6) is 0 Å². The van der Waals surface area contributed by atoms with Gasteiger partial charge in [-0.05, 0) is 41.9 Å². The zero-order valence-electron chi connectivity index (χ0n) is 15.3. The molecular formula is C19H25ClO3SSi. The van der Waals surface area contributed by atoms with E-state index in [9.17, 15) is 9.90 Å². The lowest BCUT2D eigenvalue weighted by Crippen LogP contribution is -2.42. The second-order valence-corrected chi connectivity index (χ2v) is 14.0. The van der Waals surface area contributed by atoms with Crippen LogP contribution in [0.25, 0.3) is 0 Å². The molecule has 0 radical (unpaired) electrons. The second-order valence-electron chi connectivity index (χ2n) is 7.62. The molecule has 2 aromatic rings. The van der Waals surface area contributed by atoms with Crippen molar-refractivity contribution in [3.63, 3.8) is 0 Å². The van der Waals surface area contributed by atoms with Crippen LogP contribution >= 0.6 is 22.9 Å². The summed E-state index contributed by atoms with van der Waals surface area (Å²) in [6.45, 7) is 10.8. The maximum absolute atomic E-state index is 11.2. The molecule has 0 amide bonds. The van der Waals surface area contributed by atoms with Crippen LogP contribution < -0.4 is 0 Å². The van der Waals surface area contributed by atoms with Gasteiger partial charge in [0.1, 0.15) is 0 Å². The lowest BCUT2D eigenvalue weighted by molar-refractivity contribution is 0.112. The molecule has 1 unspecified atom stereocenters. The number of aliphatic hydroxyl groups is 1. The normalized spacial score (nSPS) is 13.7. The smallest absolute Gasteiger partial charge is 0.193 e. The summed E-state index contributed by atoms with van der Waals surface area (Å²) in [4.78, 5) is 12.6. The fourth-order valence-electron chi connectivity index (χ4n) is 2.32. The molecule has 0 aliphatic rings. The molecular weight excluding hydrogens is 372 g/mol. The Hall–Kier alpha value is -0.983. The van der Waals surface area contributed by atoms with Gasteiger partial charge in [-0.25, -0.2) is 0 Å². The SMILES string of the molecule is CC(C)(C)[Si](C)(C)OC(c1cccc(Cl)c1)c1cc(C=O)sc1CO. The lowest BCUT2D eigenvalue weighted by Gasteiger charge is -2.39. The lowest BCUT2D eigenvalue weighted by atomic mass is 10.0. The Morgan fingerprint density at radius 1 is 1.32 bits per heavy atom. The highest BCUT2D eigenvalue weighted by atomic mass is 35.5. The highest BCUT2D eigenvalue weighted by Gasteiger charge is 2.40. The quantitative estimate of drug-likeness (QED) is 0.494. The Morgan fingerprint density at radius 2 is 2.00 bits per heavy atom. The minimum atomic E-state index is -2.10. The third kappa shape index (κ3) is 4.60. The van der Waals surface area contributed by atoms with Crippen LogP contribution in [0, 0.1) is 0 Å². The van der Waals surface area contributed by atoms with Crippen molar-refractivity contribution in [2.24, 2.45) is 0 Å². The van der Waals surface area contributed by atoms with Crippen molar-refractivity contribution in [2.75, 3.05) is 0 Å². The van der Waals surface area contributed by atoms with Crippen LogP contribution in [0.1, 0.15) is 52.6 Å². The average molecular weight is 397 g/mol. The van der Waals surface area contributed by atoms with E-state index in [1.54, 1.807) is 0 Å². The van der Waals surface area contributed by atoms with E-state index in [-0.39, 0.29) is 17.7 Å². The number of rotatable bonds is 6. The Labute approximate surface area is 159 Å². The highest BCUT2D eigenvalue weighted by molar-refractivity contribution is 7.13. The maximum Gasteiger partial charge on any atom is 0.193 e. The van der Waals surface area contributed by atoms with Crippen LogP contribution in [0.2, 0.25) is 23.2 Å². The summed E-state index contributed by atoms with van der Waals surface area (Å²) in [5, 5.41) is 10.4. The van der Waals surface area contributed by atoms with E-state index in [0.717, 1.165) is 22.3 Å². The molecule has 136 valence electrons. The summed E-state index contributed by atoms with van der Waals surface area (Å²) < 4.78 is 6.69. The number of thiophene rings is 1. The van der Waals surface area contributed by atoms with Crippen LogP contribution in [-0.4, -0.2) is 19.7 Å². The fourth-order valence-corrected chi connectivity index (χ4v) is 4.59. The van der Waals surface area contributed by atoms with Gasteiger partial charge in [-0.15, -0.1) is 11.3 Å². The summed E-state index contributed by atoms with van der Waals surface area (Å²) in [7, 11) is -2.10. The van der Waals surface area contributed by atoms with Crippen molar-refractivity contribution >= 4 is 37.5 Å². The van der Waals surface area contributed by atoms with E-state index >= 15 is 0 Å². The first-order chi connectivity index (χ1) is 11.6. The van der Waals surface area contributed by atoms with E-state index < -0.39 is 8.32 Å². The van der Waals surface area contributed by atoms with Crippen LogP contribution in [0.3, 0.4) is 0 Å². The van der Waals surface area contributed by atoms with Crippen LogP contribution in [-0.2, 0) is 11.0 Å². The standard InChI is InChI=1S/C19H25ClO3SSi/c1-19(2,3)25(4,5)23-18(13-7-6-8-14(20)9-13)16-10-15(11-21)24-17(16)12-22/h6-11,18,22H,12H2,1-5H3. The van der Waals surface area contributed by atoms with Crippen LogP contribution in [0.15, 0.2) is 30.3 Å². The molecule has 6 heteroatoms. The predicted octanol–water partition coefficient (Wildman–Crippen LogP) is 5.82. The van der Waals surface area contributed by atoms with Gasteiger partial charge in [-0.3, -0.25) is 4.79 Å². The van der Waals surface area contributed by atoms with Crippen LogP contribution in [0.4, 0.5) is 0 Å². The Kier molecular flexibility index (Phi) is 6.28. The molecule has 0 saturated heterocycles. The number of carbonyl (C=O) groups excluding carboxylic acids is 1. The number of carbonyl (C=O) groups is 1. The van der Waals surface area contributed by atoms with E-state index in [1.165, 1.54) is 11.3 Å². The van der Waals surface area contributed by atoms with Gasteiger partial charge in [0, 0.05) is 15.5 Å². The first kappa shape index (κ1) is 20.3. The first-order valence-corrected chi connectivity index (χ1v) is 12.3. The molecule has 1 heterocycles. The summed E-state index contributed by atoms with van der Waals surface area (Å²) in [5.41, 5.74) is 1.78. The molecule has 1 aromatic heterocycles. The van der Waals surface area contributed by atoms with Gasteiger partial charge in [0.15, 0.2) is 14.6 Å². The molecule has 0 saturated carbocycles. The van der Waals surface area contributed by atoms with E-state index in [2.05, 4.69) is 33.9 Å². The fraction of sp³-hybridized carbons (Fsp3) is 0.421. The zero-order chi connectivity index (χ0) is 18.8. The Morgan fingerprint density at radius 3 is 2.52 bits per heavy atom. The van der Waals surface area contributed by atoms with Gasteiger partial charge in [-0.2, -0.15) is 0 Å². The van der Waals surface area contributed by atoms with Gasteiger partial charge < -0.3 is 9.53 Å². The van der Waals surface area contributed by atoms with Crippen molar-refractivity contribution in [3.05, 3.63) is 56.2 Å². The van der Waals surface area contributed by atoms with Crippen molar-refractivity contribution in [3.8, 4) is 0 Å². The topological polar surface area (TPSA) is 46.5 Å². The molecule has 0 spiro atoms. The summed E-state index contributed by atoms with van der Waals surface area (Å²) in [6.07, 6.45) is 0.459. The van der Waals surface area contributed by atoms with E-state index in [1.807, 2.05) is 30.3 Å². The molecule has 0 bridgehead atoms. The molecule has 1 aromatic carbocycles. The molecule has 3 nitrogen and oxygen atoms in total. The molecule has 1 atom stereocenters. The zero-order valence-corrected chi connectivity index (χ0v) is 17.9. The van der Waals surface area contributed by atoms with Crippen molar-refractivity contribution in [1.82, 2.24) is 0 Å². The largest absolute Gasteiger partial charge is 0.406 e. The number of hydrogen-bond acceptors (Lipinski definition) is 4.